The fourth-order valence-corrected chi connectivity index (χ4v) is 6.12. The van der Waals surface area contributed by atoms with Crippen molar-refractivity contribution in [1.29, 1.82) is 0 Å². The largest absolute Gasteiger partial charge is 0.301 e. The molecule has 0 aliphatic rings. The van der Waals surface area contributed by atoms with Crippen LogP contribution in [0.5, 0.6) is 0 Å². The molecular formula is C32H22Cl6N4O2S. The number of carbonyl (C=O) groups is 2. The van der Waals surface area contributed by atoms with Crippen molar-refractivity contribution >= 4 is 93.0 Å². The molecule has 0 fully saturated rings. The first-order valence-corrected chi connectivity index (χ1v) is 16.3. The van der Waals surface area contributed by atoms with Gasteiger partial charge >= 0.3 is 5.91 Å². The van der Waals surface area contributed by atoms with Gasteiger partial charge in [0.05, 0.1) is 12.1 Å². The normalized spacial score (nSPS) is 13.1. The van der Waals surface area contributed by atoms with Gasteiger partial charge in [0.2, 0.25) is 10.4 Å². The number of rotatable bonds is 6. The van der Waals surface area contributed by atoms with E-state index in [1.165, 1.54) is 0 Å². The summed E-state index contributed by atoms with van der Waals surface area (Å²) in [7, 11) is 0. The minimum Gasteiger partial charge on any atom is -0.274 e. The lowest BCUT2D eigenvalue weighted by Crippen LogP contribution is -2.39. The van der Waals surface area contributed by atoms with E-state index in [-0.39, 0.29) is 10.4 Å². The van der Waals surface area contributed by atoms with Crippen LogP contribution in [0.2, 0.25) is 0 Å². The molecule has 1 heterocycles. The highest BCUT2D eigenvalue weighted by Crippen LogP contribution is 2.31. The first-order valence-electron chi connectivity index (χ1n) is 13.3. The number of hydrogen-bond acceptors (Lipinski definition) is 3. The maximum Gasteiger partial charge on any atom is 0.301 e. The molecule has 0 radical (unpaired) electrons. The summed E-state index contributed by atoms with van der Waals surface area (Å²) in [6.07, 6.45) is 0. The molecule has 45 heavy (non-hydrogen) atoms. The fraction of sp³-hybridized carbons (Fsp3) is 0.125. The molecule has 0 bridgehead atoms. The van der Waals surface area contributed by atoms with E-state index in [9.17, 15) is 9.59 Å². The van der Waals surface area contributed by atoms with E-state index in [1.54, 1.807) is 8.52 Å². The molecule has 0 saturated heterocycles. The van der Waals surface area contributed by atoms with Gasteiger partial charge in [0, 0.05) is 0 Å². The van der Waals surface area contributed by atoms with Gasteiger partial charge in [-0.15, -0.1) is 0 Å². The fourth-order valence-electron chi connectivity index (χ4n) is 4.74. The van der Waals surface area contributed by atoms with Gasteiger partial charge < -0.3 is 0 Å². The van der Waals surface area contributed by atoms with E-state index >= 15 is 0 Å². The quantitative estimate of drug-likeness (QED) is 0.165. The van der Waals surface area contributed by atoms with Crippen LogP contribution >= 0.6 is 81.1 Å². The Kier molecular flexibility index (Phi) is 10.6. The molecule has 0 aliphatic carbocycles. The molecular weight excluding hydrogens is 717 g/mol. The van der Waals surface area contributed by atoms with E-state index in [1.807, 2.05) is 121 Å². The molecule has 5 rings (SSSR count). The molecule has 6 nitrogen and oxygen atoms in total. The van der Waals surface area contributed by atoms with Crippen LogP contribution in [0, 0.1) is 0 Å². The Bertz CT molecular complexity index is 1840. The maximum atomic E-state index is 13.4. The summed E-state index contributed by atoms with van der Waals surface area (Å²) >= 11 is 37.2. The zero-order valence-electron chi connectivity index (χ0n) is 23.0. The van der Waals surface area contributed by atoms with Crippen molar-refractivity contribution in [2.75, 3.05) is 0 Å². The van der Waals surface area contributed by atoms with Crippen molar-refractivity contribution < 1.29 is 9.59 Å². The summed E-state index contributed by atoms with van der Waals surface area (Å²) in [5, 5.41) is 0. The zero-order valence-corrected chi connectivity index (χ0v) is 28.3. The Labute approximate surface area is 292 Å². The molecule has 1 aromatic heterocycles. The molecule has 13 heteroatoms. The number of nitrogens with zero attached hydrogens (tertiary/aromatic N) is 4. The standard InChI is InChI=1S/C32H22Cl6N4O2S/c33-31(34,35)27(43)39-29-41(25(21-13-5-1-6-14-21)22-15-7-2-8-16-22)30(40-28(44)32(36,37)38)45-42(29)26(23-17-9-3-10-18-23)24-19-11-4-12-20-24/h1-20,25-26H. The topological polar surface area (TPSA) is 68.7 Å². The van der Waals surface area contributed by atoms with Crippen LogP contribution in [0.3, 0.4) is 0 Å². The highest BCUT2D eigenvalue weighted by Gasteiger charge is 2.34. The molecule has 0 unspecified atom stereocenters. The van der Waals surface area contributed by atoms with E-state index < -0.39 is 31.5 Å². The van der Waals surface area contributed by atoms with Crippen molar-refractivity contribution in [1.82, 2.24) is 8.52 Å². The smallest absolute Gasteiger partial charge is 0.274 e. The molecule has 0 spiro atoms. The third kappa shape index (κ3) is 7.92. The van der Waals surface area contributed by atoms with E-state index in [4.69, 9.17) is 69.6 Å². The highest BCUT2D eigenvalue weighted by molar-refractivity contribution is 7.03. The summed E-state index contributed by atoms with van der Waals surface area (Å²) < 4.78 is -1.38. The lowest BCUT2D eigenvalue weighted by molar-refractivity contribution is -0.118. The Balaban J connectivity index is 1.99. The molecule has 0 aliphatic heterocycles. The average Bonchev–Trinajstić information content (AvgIpc) is 3.35. The third-order valence-electron chi connectivity index (χ3n) is 6.64. The molecule has 4 aromatic carbocycles. The number of hydrogen-bond donors (Lipinski definition) is 0. The number of benzene rings is 4. The van der Waals surface area contributed by atoms with Crippen LogP contribution in [-0.2, 0) is 9.59 Å². The molecule has 0 saturated carbocycles. The van der Waals surface area contributed by atoms with Gasteiger partial charge in [-0.25, -0.2) is 0 Å². The highest BCUT2D eigenvalue weighted by atomic mass is 35.6. The van der Waals surface area contributed by atoms with E-state index in [0.717, 1.165) is 33.8 Å². The van der Waals surface area contributed by atoms with Gasteiger partial charge in [0.1, 0.15) is 0 Å². The summed E-state index contributed by atoms with van der Waals surface area (Å²) in [6, 6.07) is 36.7. The second-order valence-electron chi connectivity index (χ2n) is 9.65. The molecule has 0 atom stereocenters. The third-order valence-corrected chi connectivity index (χ3v) is 8.63. The summed E-state index contributed by atoms with van der Waals surface area (Å²) in [5.74, 6) is -2.09. The number of amides is 2. The second-order valence-corrected chi connectivity index (χ2v) is 15.2. The van der Waals surface area contributed by atoms with Crippen molar-refractivity contribution in [3.63, 3.8) is 0 Å². The van der Waals surface area contributed by atoms with Crippen LogP contribution < -0.4 is 10.4 Å². The zero-order chi connectivity index (χ0) is 32.2. The predicted octanol–water partition coefficient (Wildman–Crippen LogP) is 8.22. The summed E-state index contributed by atoms with van der Waals surface area (Å²) in [5.41, 5.74) is 3.29. The lowest BCUT2D eigenvalue weighted by Gasteiger charge is -2.22. The second kappa shape index (κ2) is 14.3. The van der Waals surface area contributed by atoms with Crippen LogP contribution in [0.4, 0.5) is 0 Å². The first-order chi connectivity index (χ1) is 21.4. The number of carbonyl (C=O) groups excluding carboxylic acids is 2. The van der Waals surface area contributed by atoms with Crippen LogP contribution in [0.15, 0.2) is 131 Å². The van der Waals surface area contributed by atoms with Crippen LogP contribution in [0.25, 0.3) is 0 Å². The van der Waals surface area contributed by atoms with Crippen molar-refractivity contribution in [2.24, 2.45) is 9.98 Å². The minimum absolute atomic E-state index is 0.0441. The summed E-state index contributed by atoms with van der Waals surface area (Å²) in [6.45, 7) is 0. The van der Waals surface area contributed by atoms with Gasteiger partial charge in [-0.2, -0.15) is 9.98 Å². The Morgan fingerprint density at radius 1 is 0.533 bits per heavy atom. The Morgan fingerprint density at radius 3 is 1.22 bits per heavy atom. The first kappa shape index (κ1) is 33.5. The SMILES string of the molecule is O=C(N=c1sn(C(c2ccccc2)c2ccccc2)c(=NC(=O)C(Cl)(Cl)Cl)n1C(c1ccccc1)c1ccccc1)C(Cl)(Cl)Cl. The molecule has 5 aromatic rings. The van der Waals surface area contributed by atoms with Gasteiger partial charge in [-0.05, 0) is 33.8 Å². The molecule has 2 amide bonds. The van der Waals surface area contributed by atoms with E-state index in [2.05, 4.69) is 9.98 Å². The molecule has 230 valence electrons. The minimum atomic E-state index is -2.38. The maximum absolute atomic E-state index is 13.4. The van der Waals surface area contributed by atoms with E-state index in [0.29, 0.717) is 0 Å². The predicted molar refractivity (Wildman–Crippen MR) is 182 cm³/mol. The van der Waals surface area contributed by atoms with Gasteiger partial charge in [-0.3, -0.25) is 18.1 Å². The average molecular weight is 739 g/mol. The van der Waals surface area contributed by atoms with Gasteiger partial charge in [0.25, 0.3) is 13.5 Å². The van der Waals surface area contributed by atoms with Crippen molar-refractivity contribution in [3.8, 4) is 0 Å². The van der Waals surface area contributed by atoms with Crippen LogP contribution in [-0.4, -0.2) is 27.9 Å². The van der Waals surface area contributed by atoms with Crippen molar-refractivity contribution in [2.45, 2.75) is 19.7 Å². The van der Waals surface area contributed by atoms with Crippen molar-refractivity contribution in [3.05, 3.63) is 154 Å². The Hall–Kier alpha value is -2.88. The lowest BCUT2D eigenvalue weighted by atomic mass is 9.98. The Morgan fingerprint density at radius 2 is 0.867 bits per heavy atom. The molecule has 0 N–H and O–H groups in total. The monoisotopic (exact) mass is 736 g/mol. The number of halogens is 6. The number of aromatic nitrogens is 2. The summed E-state index contributed by atoms with van der Waals surface area (Å²) in [4.78, 5) is 35.3. The number of alkyl halides is 6. The van der Waals surface area contributed by atoms with Gasteiger partial charge in [-0.1, -0.05) is 191 Å². The van der Waals surface area contributed by atoms with Gasteiger partial charge in [0.15, 0.2) is 0 Å². The van der Waals surface area contributed by atoms with Crippen LogP contribution in [0.1, 0.15) is 34.3 Å².